The zero-order valence-electron chi connectivity index (χ0n) is 19.4. The average Bonchev–Trinajstić information content (AvgIpc) is 2.84. The second-order valence-electron chi connectivity index (χ2n) is 8.93. The highest BCUT2D eigenvalue weighted by Crippen LogP contribution is 2.31. The van der Waals surface area contributed by atoms with Crippen LogP contribution in [0, 0.1) is 5.92 Å². The van der Waals surface area contributed by atoms with Gasteiger partial charge in [0.2, 0.25) is 0 Å². The Morgan fingerprint density at radius 2 is 1.61 bits per heavy atom. The Bertz CT molecular complexity index is 1010. The van der Waals surface area contributed by atoms with Crippen LogP contribution in [0.25, 0.3) is 22.0 Å². The zero-order chi connectivity index (χ0) is 21.0. The van der Waals surface area contributed by atoms with Gasteiger partial charge in [0, 0.05) is 50.3 Å². The quantitative estimate of drug-likeness (QED) is 0.450. The molecule has 3 heterocycles. The van der Waals surface area contributed by atoms with Crippen molar-refractivity contribution in [1.82, 2.24) is 9.88 Å². The fourth-order valence-electron chi connectivity index (χ4n) is 4.94. The summed E-state index contributed by atoms with van der Waals surface area (Å²) in [6.45, 7) is 9.50. The first-order valence-electron chi connectivity index (χ1n) is 11.8. The van der Waals surface area contributed by atoms with Crippen LogP contribution < -0.4 is 4.90 Å². The predicted octanol–water partition coefficient (Wildman–Crippen LogP) is 5.86. The van der Waals surface area contributed by atoms with Crippen molar-refractivity contribution in [2.24, 2.45) is 5.92 Å². The van der Waals surface area contributed by atoms with E-state index in [0.29, 0.717) is 0 Å². The first kappa shape index (κ1) is 25.8. The van der Waals surface area contributed by atoms with Gasteiger partial charge in [-0.15, -0.1) is 24.8 Å². The van der Waals surface area contributed by atoms with E-state index in [2.05, 4.69) is 71.3 Å². The number of piperazine rings is 1. The topological polar surface area (TPSA) is 28.6 Å². The molecule has 0 amide bonds. The third kappa shape index (κ3) is 5.99. The van der Waals surface area contributed by atoms with Crippen LogP contribution >= 0.6 is 24.8 Å². The van der Waals surface area contributed by atoms with Crippen LogP contribution in [-0.2, 0) is 11.2 Å². The molecular formula is C27H35Cl2N3O. The van der Waals surface area contributed by atoms with Gasteiger partial charge in [0.05, 0.1) is 5.69 Å². The number of hydrogen-bond acceptors (Lipinski definition) is 4. The second-order valence-corrected chi connectivity index (χ2v) is 8.93. The van der Waals surface area contributed by atoms with Crippen molar-refractivity contribution in [3.8, 4) is 11.3 Å². The highest BCUT2D eigenvalue weighted by molar-refractivity contribution is 5.95. The molecule has 2 saturated heterocycles. The SMILES string of the molecule is CCN1CCN(c2nc(-c3ccc(CC4CCOCC4)cc3)cc3ccccc23)CC1.Cl.Cl. The van der Waals surface area contributed by atoms with Gasteiger partial charge in [-0.05, 0) is 48.7 Å². The summed E-state index contributed by atoms with van der Waals surface area (Å²) in [5.41, 5.74) is 3.70. The molecule has 0 aliphatic carbocycles. The maximum Gasteiger partial charge on any atom is 0.137 e. The van der Waals surface area contributed by atoms with Gasteiger partial charge >= 0.3 is 0 Å². The highest BCUT2D eigenvalue weighted by Gasteiger charge is 2.20. The number of halogens is 2. The standard InChI is InChI=1S/C27H33N3O.2ClH/c1-2-29-13-15-30(16-14-29)27-25-6-4-3-5-24(25)20-26(28-27)23-9-7-21(8-10-23)19-22-11-17-31-18-12-22;;/h3-10,20,22H,2,11-19H2,1H3;2*1H. The lowest BCUT2D eigenvalue weighted by atomic mass is 9.92. The molecule has 6 heteroatoms. The minimum absolute atomic E-state index is 0. The number of aromatic nitrogens is 1. The molecule has 5 rings (SSSR count). The molecule has 2 aliphatic heterocycles. The Labute approximate surface area is 210 Å². The van der Waals surface area contributed by atoms with Gasteiger partial charge in [0.1, 0.15) is 5.82 Å². The summed E-state index contributed by atoms with van der Waals surface area (Å²) in [6, 6.07) is 20.0. The van der Waals surface area contributed by atoms with Crippen molar-refractivity contribution < 1.29 is 4.74 Å². The zero-order valence-corrected chi connectivity index (χ0v) is 21.0. The summed E-state index contributed by atoms with van der Waals surface area (Å²) in [5, 5.41) is 2.53. The number of likely N-dealkylation sites (N-methyl/N-ethyl adjacent to an activating group) is 1. The molecule has 2 aromatic carbocycles. The van der Waals surface area contributed by atoms with Crippen molar-refractivity contribution in [3.05, 3.63) is 60.2 Å². The number of hydrogen-bond donors (Lipinski definition) is 0. The first-order chi connectivity index (χ1) is 15.3. The van der Waals surface area contributed by atoms with Crippen LogP contribution in [-0.4, -0.2) is 55.8 Å². The van der Waals surface area contributed by atoms with Crippen LogP contribution in [0.5, 0.6) is 0 Å². The molecule has 2 aliphatic rings. The largest absolute Gasteiger partial charge is 0.381 e. The van der Waals surface area contributed by atoms with Gasteiger partial charge in [-0.1, -0.05) is 55.5 Å². The molecular weight excluding hydrogens is 453 g/mol. The molecule has 0 atom stereocenters. The molecule has 178 valence electrons. The van der Waals surface area contributed by atoms with Crippen molar-refractivity contribution in [1.29, 1.82) is 0 Å². The van der Waals surface area contributed by atoms with E-state index in [4.69, 9.17) is 9.72 Å². The Kier molecular flexibility index (Phi) is 9.39. The third-order valence-corrected chi connectivity index (χ3v) is 6.95. The van der Waals surface area contributed by atoms with Crippen LogP contribution in [0.15, 0.2) is 54.6 Å². The number of pyridine rings is 1. The Morgan fingerprint density at radius 3 is 2.30 bits per heavy atom. The molecule has 0 saturated carbocycles. The van der Waals surface area contributed by atoms with Crippen LogP contribution in [0.3, 0.4) is 0 Å². The molecule has 2 fully saturated rings. The van der Waals surface area contributed by atoms with Gasteiger partial charge in [-0.25, -0.2) is 4.98 Å². The smallest absolute Gasteiger partial charge is 0.137 e. The van der Waals surface area contributed by atoms with Crippen molar-refractivity contribution >= 4 is 41.4 Å². The van der Waals surface area contributed by atoms with E-state index in [1.165, 1.54) is 34.7 Å². The lowest BCUT2D eigenvalue weighted by Gasteiger charge is -2.35. The number of ether oxygens (including phenoxy) is 1. The van der Waals surface area contributed by atoms with Gasteiger partial charge in [0.15, 0.2) is 0 Å². The van der Waals surface area contributed by atoms with Crippen LogP contribution in [0.2, 0.25) is 0 Å². The molecule has 4 nitrogen and oxygen atoms in total. The van der Waals surface area contributed by atoms with Gasteiger partial charge < -0.3 is 14.5 Å². The maximum atomic E-state index is 5.51. The van der Waals surface area contributed by atoms with E-state index < -0.39 is 0 Å². The summed E-state index contributed by atoms with van der Waals surface area (Å²) in [4.78, 5) is 10.2. The highest BCUT2D eigenvalue weighted by atomic mass is 35.5. The summed E-state index contributed by atoms with van der Waals surface area (Å²) >= 11 is 0. The van der Waals surface area contributed by atoms with E-state index >= 15 is 0 Å². The summed E-state index contributed by atoms with van der Waals surface area (Å²) < 4.78 is 5.51. The molecule has 0 unspecified atom stereocenters. The summed E-state index contributed by atoms with van der Waals surface area (Å²) in [5.74, 6) is 1.89. The van der Waals surface area contributed by atoms with Crippen molar-refractivity contribution in [2.45, 2.75) is 26.2 Å². The van der Waals surface area contributed by atoms with Crippen LogP contribution in [0.4, 0.5) is 5.82 Å². The minimum Gasteiger partial charge on any atom is -0.381 e. The third-order valence-electron chi connectivity index (χ3n) is 6.95. The van der Waals surface area contributed by atoms with E-state index in [1.807, 2.05) is 0 Å². The summed E-state index contributed by atoms with van der Waals surface area (Å²) in [6.07, 6.45) is 3.52. The molecule has 33 heavy (non-hydrogen) atoms. The van der Waals surface area contributed by atoms with Gasteiger partial charge in [-0.3, -0.25) is 0 Å². The van der Waals surface area contributed by atoms with Crippen molar-refractivity contribution in [3.63, 3.8) is 0 Å². The summed E-state index contributed by atoms with van der Waals surface area (Å²) in [7, 11) is 0. The Hall–Kier alpha value is -1.85. The van der Waals surface area contributed by atoms with Crippen LogP contribution in [0.1, 0.15) is 25.3 Å². The lowest BCUT2D eigenvalue weighted by molar-refractivity contribution is 0.0665. The Morgan fingerprint density at radius 1 is 0.909 bits per heavy atom. The van der Waals surface area contributed by atoms with Gasteiger partial charge in [-0.2, -0.15) is 0 Å². The fourth-order valence-corrected chi connectivity index (χ4v) is 4.94. The monoisotopic (exact) mass is 487 g/mol. The maximum absolute atomic E-state index is 5.51. The number of fused-ring (bicyclic) bond motifs is 1. The van der Waals surface area contributed by atoms with E-state index in [1.54, 1.807) is 0 Å². The Balaban J connectivity index is 0.00000153. The van der Waals surface area contributed by atoms with Gasteiger partial charge in [0.25, 0.3) is 0 Å². The van der Waals surface area contributed by atoms with Crippen molar-refractivity contribution in [2.75, 3.05) is 50.8 Å². The molecule has 3 aromatic rings. The first-order valence-corrected chi connectivity index (χ1v) is 11.8. The van der Waals surface area contributed by atoms with E-state index in [0.717, 1.165) is 69.8 Å². The number of benzene rings is 2. The molecule has 0 N–H and O–H groups in total. The molecule has 0 bridgehead atoms. The average molecular weight is 489 g/mol. The molecule has 1 aromatic heterocycles. The van der Waals surface area contributed by atoms with E-state index in [9.17, 15) is 0 Å². The lowest BCUT2D eigenvalue weighted by Crippen LogP contribution is -2.46. The second kappa shape index (κ2) is 12.0. The number of rotatable bonds is 5. The predicted molar refractivity (Wildman–Crippen MR) is 143 cm³/mol. The fraction of sp³-hybridized carbons (Fsp3) is 0.444. The number of nitrogens with zero attached hydrogens (tertiary/aromatic N) is 3. The minimum atomic E-state index is 0. The molecule has 0 spiro atoms. The van der Waals surface area contributed by atoms with E-state index in [-0.39, 0.29) is 24.8 Å². The normalized spacial score (nSPS) is 17.4. The molecule has 0 radical (unpaired) electrons. The number of anilines is 1.